The van der Waals surface area contributed by atoms with Crippen molar-refractivity contribution in [2.75, 3.05) is 7.11 Å². The molecule has 0 saturated carbocycles. The molecule has 0 N–H and O–H groups in total. The molecule has 1 nitrogen and oxygen atoms in total. The van der Waals surface area contributed by atoms with Crippen molar-refractivity contribution < 1.29 is 4.43 Å². The van der Waals surface area contributed by atoms with E-state index in [2.05, 4.69) is 6.58 Å². The molecule has 0 radical (unpaired) electrons. The third kappa shape index (κ3) is 8.92. The minimum absolute atomic E-state index is 0. The summed E-state index contributed by atoms with van der Waals surface area (Å²) in [6, 6.07) is 0. The van der Waals surface area contributed by atoms with E-state index in [1.165, 1.54) is 0 Å². The summed E-state index contributed by atoms with van der Waals surface area (Å²) in [5.41, 5.74) is 1.85. The van der Waals surface area contributed by atoms with Crippen LogP contribution < -0.4 is 0 Å². The lowest BCUT2D eigenvalue weighted by Crippen LogP contribution is -1.83. The van der Waals surface area contributed by atoms with E-state index in [1.807, 2.05) is 5.70 Å². The van der Waals surface area contributed by atoms with Gasteiger partial charge in [0, 0.05) is 7.11 Å². The Bertz CT molecular complexity index is 30.0. The summed E-state index contributed by atoms with van der Waals surface area (Å²) < 4.78 is 4.71. The fourth-order valence-corrected chi connectivity index (χ4v) is 0.354. The molecule has 6 heavy (non-hydrogen) atoms. The molecule has 38 valence electrons. The van der Waals surface area contributed by atoms with Gasteiger partial charge in [0.05, 0.1) is 0 Å². The maximum absolute atomic E-state index is 4.71. The highest BCUT2D eigenvalue weighted by Gasteiger charge is 1.61. The summed E-state index contributed by atoms with van der Waals surface area (Å²) in [5, 5.41) is 0. The third-order valence-corrected chi connectivity index (χ3v) is 0.854. The van der Waals surface area contributed by atoms with Gasteiger partial charge in [-0.2, -0.15) is 0 Å². The van der Waals surface area contributed by atoms with Crippen LogP contribution in [0, 0.1) is 0 Å². The third-order valence-electron chi connectivity index (χ3n) is 0.285. The predicted molar refractivity (Wildman–Crippen MR) is 37.1 cm³/mol. The fraction of sp³-hybridized carbons (Fsp3) is 0.333. The number of hydrogen-bond donors (Lipinski definition) is 0. The van der Waals surface area contributed by atoms with E-state index in [1.54, 1.807) is 7.11 Å². The zero-order chi connectivity index (χ0) is 4.12. The van der Waals surface area contributed by atoms with E-state index in [0.717, 1.165) is 0 Å². The van der Waals surface area contributed by atoms with E-state index in [-0.39, 0.29) is 20.7 Å². The molecule has 0 atom stereocenters. The second-order valence-corrected chi connectivity index (χ2v) is 2.23. The van der Waals surface area contributed by atoms with E-state index in [4.69, 9.17) is 4.43 Å². The van der Waals surface area contributed by atoms with E-state index in [9.17, 15) is 0 Å². The van der Waals surface area contributed by atoms with Crippen LogP contribution >= 0.6 is 0 Å². The average Bonchev–Trinajstić information content (AvgIpc) is 1.41. The molecule has 0 aliphatic rings. The maximum Gasteiger partial charge on any atom is 0.184 e. The molecule has 0 fully saturated rings. The average molecular weight is 120 g/mol. The minimum Gasteiger partial charge on any atom is -0.422 e. The normalized spacial score (nSPS) is 8.17. The van der Waals surface area contributed by atoms with Gasteiger partial charge in [-0.25, -0.2) is 0 Å². The summed E-state index contributed by atoms with van der Waals surface area (Å²) in [5.74, 6) is 0. The molecule has 0 saturated heterocycles. The summed E-state index contributed by atoms with van der Waals surface area (Å²) in [4.78, 5) is 0. The first kappa shape index (κ1) is 9.46. The molecule has 0 amide bonds. The topological polar surface area (TPSA) is 9.23 Å². The van der Waals surface area contributed by atoms with Gasteiger partial charge in [-0.15, -0.1) is 6.58 Å². The summed E-state index contributed by atoms with van der Waals surface area (Å²) in [6.07, 6.45) is 0. The van der Waals surface area contributed by atoms with Gasteiger partial charge in [-0.3, -0.25) is 0 Å². The Balaban J connectivity index is 0. The lowest BCUT2D eigenvalue weighted by Gasteiger charge is -1.78. The highest BCUT2D eigenvalue weighted by atomic mass is 28.2. The smallest absolute Gasteiger partial charge is 0.184 e. The van der Waals surface area contributed by atoms with Crippen LogP contribution in [-0.2, 0) is 4.43 Å². The number of hydrogen-bond acceptors (Lipinski definition) is 1. The van der Waals surface area contributed by atoms with Crippen LogP contribution in [-0.4, -0.2) is 27.8 Å². The van der Waals surface area contributed by atoms with E-state index in [0.29, 0.717) is 0 Å². The molecule has 0 bridgehead atoms. The van der Waals surface area contributed by atoms with Crippen LogP contribution in [0.5, 0.6) is 0 Å². The molecule has 0 aliphatic carbocycles. The second-order valence-electron chi connectivity index (χ2n) is 0.744. The van der Waals surface area contributed by atoms with E-state index < -0.39 is 0 Å². The Labute approximate surface area is 45.4 Å². The van der Waals surface area contributed by atoms with Crippen LogP contribution in [0.1, 0.15) is 0 Å². The van der Waals surface area contributed by atoms with E-state index >= 15 is 0 Å². The first-order valence-corrected chi connectivity index (χ1v) is 2.91. The summed E-state index contributed by atoms with van der Waals surface area (Å²) in [6.45, 7) is 3.49. The first-order valence-electron chi connectivity index (χ1n) is 1.51. The van der Waals surface area contributed by atoms with Crippen LogP contribution in [0.2, 0.25) is 0 Å². The molecule has 0 spiro atoms. The van der Waals surface area contributed by atoms with Crippen LogP contribution in [0.25, 0.3) is 0 Å². The summed E-state index contributed by atoms with van der Waals surface area (Å²) >= 11 is 0. The SMILES string of the molecule is C=C[SiH2]OC.[SiH4]. The summed E-state index contributed by atoms with van der Waals surface area (Å²) in [7, 11) is 1.40. The predicted octanol–water partition coefficient (Wildman–Crippen LogP) is -1.59. The highest BCUT2D eigenvalue weighted by molar-refractivity contribution is 6.33. The Morgan fingerprint density at radius 3 is 2.33 bits per heavy atom. The van der Waals surface area contributed by atoms with Gasteiger partial charge in [-0.1, -0.05) is 5.70 Å². The Hall–Kier alpha value is 0.134. The molecular formula is C3H12OSi2. The van der Waals surface area contributed by atoms with Crippen molar-refractivity contribution in [1.29, 1.82) is 0 Å². The quantitative estimate of drug-likeness (QED) is 0.399. The van der Waals surface area contributed by atoms with Crippen LogP contribution in [0.4, 0.5) is 0 Å². The van der Waals surface area contributed by atoms with Gasteiger partial charge in [-0.05, 0) is 11.0 Å². The zero-order valence-electron chi connectivity index (χ0n) is 3.40. The molecule has 0 heterocycles. The Morgan fingerprint density at radius 1 is 1.83 bits per heavy atom. The molecule has 0 unspecified atom stereocenters. The van der Waals surface area contributed by atoms with Crippen molar-refractivity contribution in [3.05, 3.63) is 12.3 Å². The van der Waals surface area contributed by atoms with Gasteiger partial charge in [0.1, 0.15) is 0 Å². The lowest BCUT2D eigenvalue weighted by molar-refractivity contribution is 0.449. The van der Waals surface area contributed by atoms with Crippen molar-refractivity contribution in [2.45, 2.75) is 0 Å². The maximum atomic E-state index is 4.71. The number of rotatable bonds is 2. The highest BCUT2D eigenvalue weighted by Crippen LogP contribution is 1.55. The molecular weight excluding hydrogens is 108 g/mol. The van der Waals surface area contributed by atoms with Crippen molar-refractivity contribution in [1.82, 2.24) is 0 Å². The van der Waals surface area contributed by atoms with Gasteiger partial charge < -0.3 is 4.43 Å². The van der Waals surface area contributed by atoms with Gasteiger partial charge in [0.15, 0.2) is 9.76 Å². The Morgan fingerprint density at radius 2 is 2.33 bits per heavy atom. The lowest BCUT2D eigenvalue weighted by atomic mass is 11.3. The van der Waals surface area contributed by atoms with Crippen molar-refractivity contribution in [2.24, 2.45) is 0 Å². The van der Waals surface area contributed by atoms with Crippen LogP contribution in [0.3, 0.4) is 0 Å². The first-order chi connectivity index (χ1) is 2.41. The standard InChI is InChI=1S/C3H8OSi.H4Si/c1-3-5-4-2;/h3H,1,5H2,2H3;1H4. The molecule has 0 aromatic heterocycles. The van der Waals surface area contributed by atoms with Gasteiger partial charge in [0.25, 0.3) is 0 Å². The second kappa shape index (κ2) is 8.93. The monoisotopic (exact) mass is 120 g/mol. The van der Waals surface area contributed by atoms with Gasteiger partial charge >= 0.3 is 0 Å². The van der Waals surface area contributed by atoms with Crippen molar-refractivity contribution >= 4 is 20.7 Å². The minimum atomic E-state index is -0.304. The van der Waals surface area contributed by atoms with Crippen LogP contribution in [0.15, 0.2) is 12.3 Å². The molecule has 0 rings (SSSR count). The molecule has 0 aromatic carbocycles. The molecule has 0 aromatic rings. The fourth-order valence-electron chi connectivity index (χ4n) is 0.118. The van der Waals surface area contributed by atoms with Gasteiger partial charge in [0.2, 0.25) is 0 Å². The largest absolute Gasteiger partial charge is 0.422 e. The van der Waals surface area contributed by atoms with Crippen molar-refractivity contribution in [3.63, 3.8) is 0 Å². The molecule has 3 heteroatoms. The zero-order valence-corrected chi connectivity index (χ0v) is 4.81. The van der Waals surface area contributed by atoms with Crippen molar-refractivity contribution in [3.8, 4) is 0 Å². The molecule has 0 aliphatic heterocycles. The Kier molecular flexibility index (Phi) is 14.1.